The molecule has 0 bridgehead atoms. The number of hydrogen-bond donors (Lipinski definition) is 4. The van der Waals surface area contributed by atoms with E-state index in [4.69, 9.17) is 10.5 Å². The van der Waals surface area contributed by atoms with Crippen molar-refractivity contribution in [1.82, 2.24) is 0 Å². The van der Waals surface area contributed by atoms with Gasteiger partial charge in [-0.1, -0.05) is 0 Å². The van der Waals surface area contributed by atoms with Crippen LogP contribution in [0.15, 0.2) is 18.2 Å². The van der Waals surface area contributed by atoms with Gasteiger partial charge in [-0.05, 0) is 26.0 Å². The summed E-state index contributed by atoms with van der Waals surface area (Å²) >= 11 is 0. The molecule has 0 heterocycles. The molecule has 5 N–H and O–H groups in total. The SMILES string of the molecule is CCOc1cc(NC(C)(CO)CO)ccc1N. The predicted molar refractivity (Wildman–Crippen MR) is 68.2 cm³/mol. The van der Waals surface area contributed by atoms with E-state index >= 15 is 0 Å². The monoisotopic (exact) mass is 240 g/mol. The molecule has 5 heteroatoms. The van der Waals surface area contributed by atoms with Crippen LogP contribution in [0.3, 0.4) is 0 Å². The quantitative estimate of drug-likeness (QED) is 0.553. The van der Waals surface area contributed by atoms with Crippen molar-refractivity contribution in [3.63, 3.8) is 0 Å². The Balaban J connectivity index is 2.88. The number of hydrogen-bond acceptors (Lipinski definition) is 5. The van der Waals surface area contributed by atoms with Crippen molar-refractivity contribution in [3.05, 3.63) is 18.2 Å². The van der Waals surface area contributed by atoms with Crippen molar-refractivity contribution < 1.29 is 14.9 Å². The number of benzene rings is 1. The largest absolute Gasteiger partial charge is 0.492 e. The third kappa shape index (κ3) is 3.51. The number of nitrogens with one attached hydrogen (secondary N) is 1. The van der Waals surface area contributed by atoms with Crippen LogP contribution in [-0.4, -0.2) is 35.6 Å². The molecule has 17 heavy (non-hydrogen) atoms. The van der Waals surface area contributed by atoms with E-state index in [0.29, 0.717) is 18.0 Å². The smallest absolute Gasteiger partial charge is 0.144 e. The van der Waals surface area contributed by atoms with Crippen molar-refractivity contribution in [2.75, 3.05) is 30.9 Å². The number of ether oxygens (including phenoxy) is 1. The molecule has 0 aromatic heterocycles. The molecule has 96 valence electrons. The van der Waals surface area contributed by atoms with Crippen LogP contribution in [-0.2, 0) is 0 Å². The molecule has 0 radical (unpaired) electrons. The first-order valence-corrected chi connectivity index (χ1v) is 5.57. The van der Waals surface area contributed by atoms with E-state index in [9.17, 15) is 10.2 Å². The van der Waals surface area contributed by atoms with Gasteiger partial charge < -0.3 is 26.0 Å². The molecular weight excluding hydrogens is 220 g/mol. The van der Waals surface area contributed by atoms with Crippen LogP contribution in [0.25, 0.3) is 0 Å². The molecule has 5 nitrogen and oxygen atoms in total. The molecule has 0 aliphatic rings. The molecule has 0 atom stereocenters. The van der Waals surface area contributed by atoms with Crippen molar-refractivity contribution in [2.45, 2.75) is 19.4 Å². The third-order valence-corrected chi connectivity index (χ3v) is 2.46. The predicted octanol–water partition coefficient (Wildman–Crippen LogP) is 0.823. The third-order valence-electron chi connectivity index (χ3n) is 2.46. The van der Waals surface area contributed by atoms with Crippen LogP contribution in [0.5, 0.6) is 5.75 Å². The van der Waals surface area contributed by atoms with E-state index in [2.05, 4.69) is 5.32 Å². The fraction of sp³-hybridized carbons (Fsp3) is 0.500. The summed E-state index contributed by atoms with van der Waals surface area (Å²) in [6.07, 6.45) is 0. The second-order valence-electron chi connectivity index (χ2n) is 4.19. The fourth-order valence-corrected chi connectivity index (χ4v) is 1.37. The topological polar surface area (TPSA) is 87.7 Å². The molecule has 0 aliphatic carbocycles. The van der Waals surface area contributed by atoms with Gasteiger partial charge in [0.1, 0.15) is 5.75 Å². The van der Waals surface area contributed by atoms with Crippen LogP contribution < -0.4 is 15.8 Å². The van der Waals surface area contributed by atoms with Gasteiger partial charge in [0.15, 0.2) is 0 Å². The zero-order valence-corrected chi connectivity index (χ0v) is 10.2. The van der Waals surface area contributed by atoms with Gasteiger partial charge in [0.2, 0.25) is 0 Å². The number of rotatable bonds is 6. The molecule has 1 aromatic rings. The Morgan fingerprint density at radius 1 is 1.35 bits per heavy atom. The molecule has 0 amide bonds. The molecule has 1 rings (SSSR count). The number of aliphatic hydroxyl groups excluding tert-OH is 2. The summed E-state index contributed by atoms with van der Waals surface area (Å²) in [7, 11) is 0. The Labute approximate surface area is 101 Å². The maximum Gasteiger partial charge on any atom is 0.144 e. The molecule has 1 aromatic carbocycles. The van der Waals surface area contributed by atoms with Gasteiger partial charge in [0.05, 0.1) is 31.0 Å². The van der Waals surface area contributed by atoms with Crippen molar-refractivity contribution in [1.29, 1.82) is 0 Å². The highest BCUT2D eigenvalue weighted by atomic mass is 16.5. The van der Waals surface area contributed by atoms with E-state index in [-0.39, 0.29) is 13.2 Å². The van der Waals surface area contributed by atoms with Gasteiger partial charge in [0, 0.05) is 11.8 Å². The average Bonchev–Trinajstić information content (AvgIpc) is 2.33. The van der Waals surface area contributed by atoms with Crippen LogP contribution in [0, 0.1) is 0 Å². The molecular formula is C12H20N2O3. The molecule has 0 saturated heterocycles. The maximum absolute atomic E-state index is 9.20. The molecule has 0 saturated carbocycles. The first-order valence-electron chi connectivity index (χ1n) is 5.57. The van der Waals surface area contributed by atoms with Crippen LogP contribution in [0.1, 0.15) is 13.8 Å². The van der Waals surface area contributed by atoms with Gasteiger partial charge >= 0.3 is 0 Å². The zero-order valence-electron chi connectivity index (χ0n) is 10.2. The van der Waals surface area contributed by atoms with Crippen molar-refractivity contribution in [2.24, 2.45) is 0 Å². The highest BCUT2D eigenvalue weighted by Gasteiger charge is 2.22. The second kappa shape index (κ2) is 5.75. The van der Waals surface area contributed by atoms with E-state index in [0.717, 1.165) is 5.69 Å². The highest BCUT2D eigenvalue weighted by molar-refractivity contribution is 5.62. The Morgan fingerprint density at radius 3 is 2.53 bits per heavy atom. The summed E-state index contributed by atoms with van der Waals surface area (Å²) in [5.74, 6) is 0.593. The molecule has 0 spiro atoms. The first kappa shape index (κ1) is 13.6. The normalized spacial score (nSPS) is 11.3. The van der Waals surface area contributed by atoms with E-state index in [1.807, 2.05) is 6.92 Å². The lowest BCUT2D eigenvalue weighted by molar-refractivity contribution is 0.147. The maximum atomic E-state index is 9.20. The molecule has 0 unspecified atom stereocenters. The lowest BCUT2D eigenvalue weighted by atomic mass is 10.0. The van der Waals surface area contributed by atoms with E-state index in [1.54, 1.807) is 25.1 Å². The number of anilines is 2. The Kier molecular flexibility index (Phi) is 4.60. The lowest BCUT2D eigenvalue weighted by Gasteiger charge is -2.27. The fourth-order valence-electron chi connectivity index (χ4n) is 1.37. The number of aliphatic hydroxyl groups is 2. The lowest BCUT2D eigenvalue weighted by Crippen LogP contribution is -2.42. The highest BCUT2D eigenvalue weighted by Crippen LogP contribution is 2.27. The minimum absolute atomic E-state index is 0.169. The minimum Gasteiger partial charge on any atom is -0.492 e. The minimum atomic E-state index is -0.764. The zero-order chi connectivity index (χ0) is 12.9. The Bertz CT molecular complexity index is 365. The van der Waals surface area contributed by atoms with Crippen molar-refractivity contribution >= 4 is 11.4 Å². The van der Waals surface area contributed by atoms with E-state index in [1.165, 1.54) is 0 Å². The van der Waals surface area contributed by atoms with Crippen molar-refractivity contribution in [3.8, 4) is 5.75 Å². The number of nitrogen functional groups attached to an aromatic ring is 1. The Morgan fingerprint density at radius 2 is 2.00 bits per heavy atom. The number of nitrogens with two attached hydrogens (primary N) is 1. The van der Waals surface area contributed by atoms with Gasteiger partial charge in [-0.15, -0.1) is 0 Å². The standard InChI is InChI=1S/C12H20N2O3/c1-3-17-11-6-9(4-5-10(11)13)14-12(2,7-15)8-16/h4-6,14-16H,3,7-8,13H2,1-2H3. The second-order valence-corrected chi connectivity index (χ2v) is 4.19. The van der Waals surface area contributed by atoms with Gasteiger partial charge in [-0.3, -0.25) is 0 Å². The Hall–Kier alpha value is -1.46. The van der Waals surface area contributed by atoms with Crippen LogP contribution in [0.2, 0.25) is 0 Å². The van der Waals surface area contributed by atoms with Crippen LogP contribution in [0.4, 0.5) is 11.4 Å². The summed E-state index contributed by atoms with van der Waals surface area (Å²) in [5.41, 5.74) is 6.29. The van der Waals surface area contributed by atoms with Crippen LogP contribution >= 0.6 is 0 Å². The van der Waals surface area contributed by atoms with E-state index < -0.39 is 5.54 Å². The summed E-state index contributed by atoms with van der Waals surface area (Å²) in [5, 5.41) is 21.4. The summed E-state index contributed by atoms with van der Waals surface area (Å²) < 4.78 is 5.37. The van der Waals surface area contributed by atoms with Gasteiger partial charge in [-0.25, -0.2) is 0 Å². The summed E-state index contributed by atoms with van der Waals surface area (Å²) in [4.78, 5) is 0. The van der Waals surface area contributed by atoms with Gasteiger partial charge in [-0.2, -0.15) is 0 Å². The summed E-state index contributed by atoms with van der Waals surface area (Å²) in [6, 6.07) is 5.26. The summed E-state index contributed by atoms with van der Waals surface area (Å²) in [6.45, 7) is 3.80. The van der Waals surface area contributed by atoms with Gasteiger partial charge in [0.25, 0.3) is 0 Å². The average molecular weight is 240 g/mol. The first-order chi connectivity index (χ1) is 8.04. The molecule has 0 aliphatic heterocycles. The molecule has 0 fully saturated rings.